The molecule has 27 heavy (non-hydrogen) atoms. The molecule has 0 radical (unpaired) electrons. The fourth-order valence-electron chi connectivity index (χ4n) is 3.91. The van der Waals surface area contributed by atoms with Crippen molar-refractivity contribution in [2.24, 2.45) is 0 Å². The predicted molar refractivity (Wildman–Crippen MR) is 113 cm³/mol. The first-order valence-corrected chi connectivity index (χ1v) is 10.2. The molecule has 3 nitrogen and oxygen atoms in total. The van der Waals surface area contributed by atoms with Gasteiger partial charge in [0.2, 0.25) is 0 Å². The van der Waals surface area contributed by atoms with Crippen LogP contribution in [0, 0.1) is 0 Å². The Bertz CT molecular complexity index is 721. The predicted octanol–water partition coefficient (Wildman–Crippen LogP) is 4.97. The zero-order valence-electron chi connectivity index (χ0n) is 17.2. The van der Waals surface area contributed by atoms with Crippen molar-refractivity contribution in [2.45, 2.75) is 64.1 Å². The summed E-state index contributed by atoms with van der Waals surface area (Å²) in [5.41, 5.74) is 4.09. The average molecular weight is 367 g/mol. The first-order chi connectivity index (χ1) is 13.0. The van der Waals surface area contributed by atoms with Crippen LogP contribution in [0.1, 0.15) is 62.8 Å². The van der Waals surface area contributed by atoms with E-state index >= 15 is 0 Å². The van der Waals surface area contributed by atoms with Crippen LogP contribution in [0.3, 0.4) is 0 Å². The third-order valence-electron chi connectivity index (χ3n) is 5.57. The van der Waals surface area contributed by atoms with Gasteiger partial charge in [-0.25, -0.2) is 0 Å². The summed E-state index contributed by atoms with van der Waals surface area (Å²) in [4.78, 5) is 0. The normalized spacial score (nSPS) is 20.9. The van der Waals surface area contributed by atoms with Crippen molar-refractivity contribution in [2.75, 3.05) is 13.7 Å². The Morgan fingerprint density at radius 2 is 1.85 bits per heavy atom. The van der Waals surface area contributed by atoms with E-state index in [2.05, 4.69) is 79.9 Å². The maximum Gasteiger partial charge on any atom is 0.123 e. The van der Waals surface area contributed by atoms with Crippen LogP contribution in [0.4, 0.5) is 0 Å². The van der Waals surface area contributed by atoms with E-state index in [0.29, 0.717) is 12.1 Å². The lowest BCUT2D eigenvalue weighted by Crippen LogP contribution is -2.40. The molecule has 0 saturated carbocycles. The molecule has 0 spiro atoms. The van der Waals surface area contributed by atoms with Crippen molar-refractivity contribution in [3.05, 3.63) is 65.2 Å². The van der Waals surface area contributed by atoms with E-state index in [0.717, 1.165) is 18.8 Å². The van der Waals surface area contributed by atoms with E-state index in [1.54, 1.807) is 7.11 Å². The number of benzene rings is 2. The monoisotopic (exact) mass is 366 g/mol. The third-order valence-corrected chi connectivity index (χ3v) is 5.57. The van der Waals surface area contributed by atoms with Crippen LogP contribution in [-0.4, -0.2) is 19.7 Å². The van der Waals surface area contributed by atoms with Crippen molar-refractivity contribution >= 4 is 0 Å². The Labute approximate surface area is 164 Å². The van der Waals surface area contributed by atoms with Gasteiger partial charge in [-0.15, -0.1) is 0 Å². The van der Waals surface area contributed by atoms with Gasteiger partial charge < -0.3 is 15.4 Å². The van der Waals surface area contributed by atoms with Crippen LogP contribution in [0.15, 0.2) is 48.5 Å². The van der Waals surface area contributed by atoms with Gasteiger partial charge in [0.05, 0.1) is 7.11 Å². The van der Waals surface area contributed by atoms with E-state index in [1.807, 2.05) is 0 Å². The summed E-state index contributed by atoms with van der Waals surface area (Å²) in [5.74, 6) is 0.966. The van der Waals surface area contributed by atoms with E-state index in [4.69, 9.17) is 4.74 Å². The lowest BCUT2D eigenvalue weighted by atomic mass is 9.86. The topological polar surface area (TPSA) is 33.3 Å². The number of hydrogen-bond donors (Lipinski definition) is 2. The Morgan fingerprint density at radius 1 is 1.07 bits per heavy atom. The molecule has 1 saturated heterocycles. The summed E-state index contributed by atoms with van der Waals surface area (Å²) >= 11 is 0. The molecule has 146 valence electrons. The summed E-state index contributed by atoms with van der Waals surface area (Å²) in [5, 5.41) is 7.59. The van der Waals surface area contributed by atoms with E-state index in [-0.39, 0.29) is 5.41 Å². The summed E-state index contributed by atoms with van der Waals surface area (Å²) < 4.78 is 5.63. The second-order valence-electron chi connectivity index (χ2n) is 8.60. The molecule has 1 heterocycles. The quantitative estimate of drug-likeness (QED) is 0.784. The van der Waals surface area contributed by atoms with Gasteiger partial charge >= 0.3 is 0 Å². The Balaban J connectivity index is 1.79. The number of nitrogens with one attached hydrogen (secondary N) is 2. The fourth-order valence-corrected chi connectivity index (χ4v) is 3.91. The van der Waals surface area contributed by atoms with Gasteiger partial charge in [0, 0.05) is 24.2 Å². The largest absolute Gasteiger partial charge is 0.496 e. The molecule has 2 aromatic rings. The van der Waals surface area contributed by atoms with Crippen molar-refractivity contribution in [3.63, 3.8) is 0 Å². The number of hydrogen-bond acceptors (Lipinski definition) is 3. The lowest BCUT2D eigenvalue weighted by molar-refractivity contribution is 0.373. The SMILES string of the molecule is COc1ccc(C(C)(C)C)cc1CNC1CCCCNC1c1ccccc1. The van der Waals surface area contributed by atoms with Crippen LogP contribution >= 0.6 is 0 Å². The minimum Gasteiger partial charge on any atom is -0.496 e. The smallest absolute Gasteiger partial charge is 0.123 e. The Kier molecular flexibility index (Phi) is 6.56. The number of ether oxygens (including phenoxy) is 1. The van der Waals surface area contributed by atoms with Crippen LogP contribution in [0.25, 0.3) is 0 Å². The third kappa shape index (κ3) is 5.12. The van der Waals surface area contributed by atoms with Crippen LogP contribution in [-0.2, 0) is 12.0 Å². The van der Waals surface area contributed by atoms with Crippen molar-refractivity contribution < 1.29 is 4.74 Å². The minimum atomic E-state index is 0.136. The Morgan fingerprint density at radius 3 is 2.56 bits per heavy atom. The van der Waals surface area contributed by atoms with Crippen LogP contribution < -0.4 is 15.4 Å². The second-order valence-corrected chi connectivity index (χ2v) is 8.60. The van der Waals surface area contributed by atoms with Gasteiger partial charge in [-0.1, -0.05) is 69.7 Å². The highest BCUT2D eigenvalue weighted by molar-refractivity contribution is 5.39. The van der Waals surface area contributed by atoms with Gasteiger partial charge in [0.15, 0.2) is 0 Å². The molecule has 1 aliphatic heterocycles. The first kappa shape index (κ1) is 19.9. The van der Waals surface area contributed by atoms with E-state index < -0.39 is 0 Å². The molecule has 2 unspecified atom stereocenters. The molecule has 2 N–H and O–H groups in total. The van der Waals surface area contributed by atoms with Crippen molar-refractivity contribution in [1.29, 1.82) is 0 Å². The summed E-state index contributed by atoms with van der Waals surface area (Å²) in [6, 6.07) is 18.2. The van der Waals surface area contributed by atoms with Gasteiger partial charge in [-0.2, -0.15) is 0 Å². The molecule has 3 rings (SSSR count). The van der Waals surface area contributed by atoms with Gasteiger partial charge in [-0.05, 0) is 42.0 Å². The number of methoxy groups -OCH3 is 1. The first-order valence-electron chi connectivity index (χ1n) is 10.2. The van der Waals surface area contributed by atoms with Crippen LogP contribution in [0.2, 0.25) is 0 Å². The molecular weight excluding hydrogens is 332 g/mol. The molecule has 1 fully saturated rings. The van der Waals surface area contributed by atoms with Crippen LogP contribution in [0.5, 0.6) is 5.75 Å². The molecule has 3 heteroatoms. The second kappa shape index (κ2) is 8.90. The van der Waals surface area contributed by atoms with Gasteiger partial charge in [0.25, 0.3) is 0 Å². The van der Waals surface area contributed by atoms with E-state index in [9.17, 15) is 0 Å². The molecule has 2 atom stereocenters. The summed E-state index contributed by atoms with van der Waals surface area (Å²) in [6.07, 6.45) is 3.69. The standard InChI is InChI=1S/C24H34N2O/c1-24(2,3)20-13-14-22(27-4)19(16-20)17-26-21-12-8-9-15-25-23(21)18-10-6-5-7-11-18/h5-7,10-11,13-14,16,21,23,25-26H,8-9,12,15,17H2,1-4H3. The van der Waals surface area contributed by atoms with Crippen molar-refractivity contribution in [1.82, 2.24) is 10.6 Å². The summed E-state index contributed by atoms with van der Waals surface area (Å²) in [7, 11) is 1.76. The molecular formula is C24H34N2O. The zero-order valence-corrected chi connectivity index (χ0v) is 17.2. The van der Waals surface area contributed by atoms with Gasteiger partial charge in [0.1, 0.15) is 5.75 Å². The molecule has 0 aliphatic carbocycles. The van der Waals surface area contributed by atoms with Gasteiger partial charge in [-0.3, -0.25) is 0 Å². The zero-order chi connectivity index (χ0) is 19.3. The minimum absolute atomic E-state index is 0.136. The maximum atomic E-state index is 5.63. The van der Waals surface area contributed by atoms with E-state index in [1.165, 1.54) is 36.0 Å². The Hall–Kier alpha value is -1.84. The number of rotatable bonds is 5. The molecule has 0 bridgehead atoms. The molecule has 0 aromatic heterocycles. The summed E-state index contributed by atoms with van der Waals surface area (Å²) in [6.45, 7) is 8.68. The fraction of sp³-hybridized carbons (Fsp3) is 0.500. The average Bonchev–Trinajstić information content (AvgIpc) is 2.91. The highest BCUT2D eigenvalue weighted by Gasteiger charge is 2.25. The highest BCUT2D eigenvalue weighted by atomic mass is 16.5. The molecule has 0 amide bonds. The molecule has 2 aromatic carbocycles. The van der Waals surface area contributed by atoms with Crippen molar-refractivity contribution in [3.8, 4) is 5.75 Å². The lowest BCUT2D eigenvalue weighted by Gasteiger charge is -2.28. The molecule has 1 aliphatic rings. The highest BCUT2D eigenvalue weighted by Crippen LogP contribution is 2.29. The maximum absolute atomic E-state index is 5.63.